The van der Waals surface area contributed by atoms with Crippen LogP contribution in [0.2, 0.25) is 0 Å². The van der Waals surface area contributed by atoms with Gasteiger partial charge >= 0.3 is 45.4 Å². The summed E-state index contributed by atoms with van der Waals surface area (Å²) in [5.74, 6) is 0. The fourth-order valence-electron chi connectivity index (χ4n) is 0.881. The van der Waals surface area contributed by atoms with Crippen LogP contribution in [0.3, 0.4) is 0 Å². The number of benzene rings is 1. The van der Waals surface area contributed by atoms with Gasteiger partial charge in [-0.25, -0.2) is 0 Å². The molecule has 0 saturated carbocycles. The first-order valence-corrected chi connectivity index (χ1v) is 5.76. The molecule has 9 heteroatoms. The molecule has 0 aliphatic carbocycles. The van der Waals surface area contributed by atoms with Crippen molar-refractivity contribution in [2.24, 2.45) is 0 Å². The summed E-state index contributed by atoms with van der Waals surface area (Å²) in [6.07, 6.45) is 0. The number of hydrogen-bond donors (Lipinski definition) is 1. The van der Waals surface area contributed by atoms with Gasteiger partial charge in [0.25, 0.3) is 0 Å². The summed E-state index contributed by atoms with van der Waals surface area (Å²) < 4.78 is 30.4. The number of hydrogen-bond acceptors (Lipinski definition) is 4. The van der Waals surface area contributed by atoms with E-state index >= 15 is 0 Å². The number of nitro groups is 1. The minimum atomic E-state index is -4.55. The van der Waals surface area contributed by atoms with Gasteiger partial charge in [0.1, 0.15) is 0 Å². The summed E-state index contributed by atoms with van der Waals surface area (Å²) in [7, 11) is -4.55. The van der Waals surface area contributed by atoms with Crippen LogP contribution in [-0.2, 0) is 10.1 Å². The molecule has 15 heavy (non-hydrogen) atoms. The molecule has 0 saturated heterocycles. The summed E-state index contributed by atoms with van der Waals surface area (Å²) >= 11 is 1.62. The van der Waals surface area contributed by atoms with Gasteiger partial charge in [0.15, 0.2) is 4.90 Å². The van der Waals surface area contributed by atoms with Crippen molar-refractivity contribution in [1.29, 1.82) is 0 Å². The van der Waals surface area contributed by atoms with E-state index in [0.29, 0.717) is 0 Å². The molecule has 0 aliphatic rings. The summed E-state index contributed by atoms with van der Waals surface area (Å²) in [4.78, 5) is 8.99. The number of nitro benzene ring substituents is 1. The fraction of sp³-hybridized carbons (Fsp3) is 0. The van der Waals surface area contributed by atoms with Gasteiger partial charge in [0.05, 0.1) is 8.49 Å². The van der Waals surface area contributed by atoms with Gasteiger partial charge < -0.3 is 0 Å². The molecular weight excluding hydrogens is 348 g/mol. The Labute approximate surface area is 121 Å². The Balaban J connectivity index is 0.00000196. The molecule has 0 fully saturated rings. The van der Waals surface area contributed by atoms with E-state index in [9.17, 15) is 18.5 Å². The summed E-state index contributed by atoms with van der Waals surface area (Å²) in [6, 6.07) is 3.68. The first-order valence-electron chi connectivity index (χ1n) is 3.24. The number of nitrogens with zero attached hydrogens (tertiary/aromatic N) is 1. The SMILES string of the molecule is O=[N+]([O-])c1c(I)cccc1S(=O)(=O)O.[NaH]. The van der Waals surface area contributed by atoms with Crippen LogP contribution in [0.5, 0.6) is 0 Å². The molecule has 0 heterocycles. The van der Waals surface area contributed by atoms with E-state index in [2.05, 4.69) is 0 Å². The molecule has 1 N–H and O–H groups in total. The quantitative estimate of drug-likeness (QED) is 0.279. The van der Waals surface area contributed by atoms with Crippen molar-refractivity contribution in [3.8, 4) is 0 Å². The van der Waals surface area contributed by atoms with Gasteiger partial charge in [-0.05, 0) is 34.7 Å². The Kier molecular flexibility index (Phi) is 5.64. The molecule has 0 bridgehead atoms. The monoisotopic (exact) mass is 353 g/mol. The van der Waals surface area contributed by atoms with Crippen LogP contribution >= 0.6 is 22.6 Å². The standard InChI is InChI=1S/C6H4INO5S.Na.H/c7-4-2-1-3-5(14(11,12)13)6(4)8(9)10;;/h1-3H,(H,11,12,13);;. The van der Waals surface area contributed by atoms with Gasteiger partial charge in [-0.1, -0.05) is 6.07 Å². The molecule has 0 aliphatic heterocycles. The zero-order valence-corrected chi connectivity index (χ0v) is 9.52. The van der Waals surface area contributed by atoms with E-state index in [-0.39, 0.29) is 33.1 Å². The van der Waals surface area contributed by atoms with Crippen molar-refractivity contribution < 1.29 is 17.9 Å². The van der Waals surface area contributed by atoms with Crippen molar-refractivity contribution in [2.75, 3.05) is 0 Å². The third-order valence-electron chi connectivity index (χ3n) is 1.41. The summed E-state index contributed by atoms with van der Waals surface area (Å²) in [5.41, 5.74) is -0.601. The molecule has 0 unspecified atom stereocenters. The third kappa shape index (κ3) is 3.64. The van der Waals surface area contributed by atoms with Gasteiger partial charge in [0.2, 0.25) is 0 Å². The average Bonchev–Trinajstić information content (AvgIpc) is 2.01. The van der Waals surface area contributed by atoms with Crippen LogP contribution in [0, 0.1) is 13.7 Å². The zero-order valence-electron chi connectivity index (χ0n) is 6.55. The van der Waals surface area contributed by atoms with E-state index in [1.807, 2.05) is 0 Å². The van der Waals surface area contributed by atoms with Crippen molar-refractivity contribution >= 4 is 68.0 Å². The van der Waals surface area contributed by atoms with Gasteiger partial charge in [-0.3, -0.25) is 14.7 Å². The van der Waals surface area contributed by atoms with Crippen LogP contribution in [-0.4, -0.2) is 47.5 Å². The van der Waals surface area contributed by atoms with E-state index in [1.54, 1.807) is 22.6 Å². The van der Waals surface area contributed by atoms with E-state index in [1.165, 1.54) is 12.1 Å². The van der Waals surface area contributed by atoms with Gasteiger partial charge in [-0.2, -0.15) is 8.42 Å². The third-order valence-corrected chi connectivity index (χ3v) is 3.17. The van der Waals surface area contributed by atoms with Crippen LogP contribution in [0.4, 0.5) is 5.69 Å². The van der Waals surface area contributed by atoms with Crippen molar-refractivity contribution in [1.82, 2.24) is 0 Å². The second kappa shape index (κ2) is 5.55. The fourth-order valence-corrected chi connectivity index (χ4v) is 2.44. The maximum absolute atomic E-state index is 10.8. The van der Waals surface area contributed by atoms with Crippen molar-refractivity contribution in [3.63, 3.8) is 0 Å². The van der Waals surface area contributed by atoms with Crippen LogP contribution in [0.15, 0.2) is 23.1 Å². The first kappa shape index (κ1) is 15.3. The van der Waals surface area contributed by atoms with Crippen LogP contribution < -0.4 is 0 Å². The number of halogens is 1. The summed E-state index contributed by atoms with van der Waals surface area (Å²) in [6.45, 7) is 0. The number of rotatable bonds is 2. The zero-order chi connectivity index (χ0) is 10.9. The average molecular weight is 353 g/mol. The molecule has 0 radical (unpaired) electrons. The predicted octanol–water partition coefficient (Wildman–Crippen LogP) is 0.798. The molecule has 1 aromatic rings. The topological polar surface area (TPSA) is 97.5 Å². The maximum atomic E-state index is 10.8. The van der Waals surface area contributed by atoms with Crippen LogP contribution in [0.1, 0.15) is 0 Å². The van der Waals surface area contributed by atoms with E-state index in [0.717, 1.165) is 6.07 Å². The molecule has 1 aromatic carbocycles. The molecule has 78 valence electrons. The van der Waals surface area contributed by atoms with Crippen LogP contribution in [0.25, 0.3) is 0 Å². The molecule has 1 rings (SSSR count). The van der Waals surface area contributed by atoms with Crippen molar-refractivity contribution in [3.05, 3.63) is 31.9 Å². The normalized spacial score (nSPS) is 10.5. The Morgan fingerprint density at radius 1 is 1.40 bits per heavy atom. The second-order valence-electron chi connectivity index (χ2n) is 2.32. The predicted molar refractivity (Wildman–Crippen MR) is 62.8 cm³/mol. The molecule has 0 aromatic heterocycles. The number of para-hydroxylation sites is 1. The molecule has 0 spiro atoms. The Morgan fingerprint density at radius 2 is 1.93 bits per heavy atom. The second-order valence-corrected chi connectivity index (χ2v) is 4.87. The van der Waals surface area contributed by atoms with Gasteiger partial charge in [-0.15, -0.1) is 0 Å². The molecule has 0 amide bonds. The molecule has 0 atom stereocenters. The van der Waals surface area contributed by atoms with E-state index < -0.39 is 25.6 Å². The Hall–Kier alpha value is 0.260. The summed E-state index contributed by atoms with van der Waals surface area (Å²) in [5, 5.41) is 10.5. The van der Waals surface area contributed by atoms with Crippen molar-refractivity contribution in [2.45, 2.75) is 4.90 Å². The van der Waals surface area contributed by atoms with E-state index in [4.69, 9.17) is 4.55 Å². The minimum absolute atomic E-state index is 0. The molecular formula is C6H5INNaO5S. The van der Waals surface area contributed by atoms with Gasteiger partial charge in [0, 0.05) is 0 Å². The Morgan fingerprint density at radius 3 is 2.27 bits per heavy atom. The first-order chi connectivity index (χ1) is 6.34. The molecule has 6 nitrogen and oxygen atoms in total. The Bertz CT molecular complexity index is 488.